The lowest BCUT2D eigenvalue weighted by atomic mass is 10.1. The molecule has 24 nitrogen and oxygen atoms in total. The summed E-state index contributed by atoms with van der Waals surface area (Å²) in [5, 5.41) is 59.9. The van der Waals surface area contributed by atoms with Gasteiger partial charge in [0.25, 0.3) is 20.2 Å². The van der Waals surface area contributed by atoms with E-state index in [1.807, 2.05) is 57.2 Å². The molecule has 0 heterocycles. The van der Waals surface area contributed by atoms with E-state index in [1.165, 1.54) is 12.1 Å². The molecule has 0 bridgehead atoms. The molecule has 0 fully saturated rings. The van der Waals surface area contributed by atoms with Crippen molar-refractivity contribution in [3.8, 4) is 17.2 Å². The molecule has 0 aromatic heterocycles. The van der Waals surface area contributed by atoms with Crippen LogP contribution in [0.5, 0.6) is 17.2 Å². The van der Waals surface area contributed by atoms with Crippen molar-refractivity contribution in [3.05, 3.63) is 156 Å². The zero-order valence-electron chi connectivity index (χ0n) is 40.4. The zero-order valence-corrected chi connectivity index (χ0v) is 43.7. The minimum Gasteiger partial charge on any atom is -0.508 e. The third kappa shape index (κ3) is 16.0. The first-order valence-corrected chi connectivity index (χ1v) is 26.7. The molecular formula is C49H41N9O15S4. The molecule has 0 radical (unpaired) electrons. The molecule has 0 aliphatic carbocycles. The predicted octanol–water partition coefficient (Wildman–Crippen LogP) is 12.2. The highest BCUT2D eigenvalue weighted by Crippen LogP contribution is 2.39. The molecule has 77 heavy (non-hydrogen) atoms. The third-order valence-electron chi connectivity index (χ3n) is 10.8. The maximum Gasteiger partial charge on any atom is 0.425 e. The molecule has 8 aromatic rings. The molecule has 0 spiro atoms. The number of aryl methyl sites for hydroxylation is 4. The maximum absolute atomic E-state index is 12.2. The van der Waals surface area contributed by atoms with Crippen LogP contribution in [0, 0.1) is 27.7 Å². The number of rotatable bonds is 14. The summed E-state index contributed by atoms with van der Waals surface area (Å²) in [6.45, 7) is 7.58. The van der Waals surface area contributed by atoms with Gasteiger partial charge in [-0.1, -0.05) is 18.2 Å². The highest BCUT2D eigenvalue weighted by molar-refractivity contribution is 7.86. The lowest BCUT2D eigenvalue weighted by molar-refractivity contribution is 0.346. The average Bonchev–Trinajstić information content (AvgIpc) is 3.35. The number of hydrogen-bond donors (Lipinski definition) is 5. The van der Waals surface area contributed by atoms with E-state index in [0.717, 1.165) is 46.0 Å². The number of ether oxygens (including phenoxy) is 1. The first-order chi connectivity index (χ1) is 36.4. The summed E-state index contributed by atoms with van der Waals surface area (Å²) in [6.07, 6.45) is 0. The van der Waals surface area contributed by atoms with Crippen LogP contribution in [0.4, 0.5) is 51.2 Å². The molecule has 5 N–H and O–H groups in total. The highest BCUT2D eigenvalue weighted by atomic mass is 32.2. The number of nitrogens with zero attached hydrogens (tertiary/aromatic N) is 8. The molecule has 0 atom stereocenters. The lowest BCUT2D eigenvalue weighted by Crippen LogP contribution is -2.08. The molecule has 0 amide bonds. The van der Waals surface area contributed by atoms with E-state index >= 15 is 0 Å². The van der Waals surface area contributed by atoms with E-state index in [4.69, 9.17) is 30.0 Å². The summed E-state index contributed by atoms with van der Waals surface area (Å²) < 4.78 is 124. The molecule has 0 saturated carbocycles. The summed E-state index contributed by atoms with van der Waals surface area (Å²) in [5.74, 6) is 0.771. The molecule has 0 saturated heterocycles. The van der Waals surface area contributed by atoms with E-state index in [1.54, 1.807) is 73.7 Å². The Labute approximate surface area is 441 Å². The standard InChI is InChI=1S/C49H41N9O9S2.2O3S/c1-28-20-36(10-18-41(28)53-51-35-11-19-42(29(2)21-35)54-58-46-26-40-32(25-48(46)69(64,65)66)6-5-7-47(40)68(61,62)63)52-56-44-22-31(4)45(23-30(44)3)57-55-43-17-8-33-24-34(9-16-39(33)49(43)60)50-27-67-38-14-12-37(59)13-15-38;2*1-4(2)3/h5-26,50,59-60H,27H2,1-4H3,(H,61,62,63)(H,64,65,66);;. The second kappa shape index (κ2) is 25.0. The summed E-state index contributed by atoms with van der Waals surface area (Å²) >= 11 is 0. The number of anilines is 1. The van der Waals surface area contributed by atoms with Crippen LogP contribution in [0.3, 0.4) is 0 Å². The van der Waals surface area contributed by atoms with Crippen LogP contribution in [0.1, 0.15) is 22.3 Å². The van der Waals surface area contributed by atoms with Gasteiger partial charge in [-0.2, -0.15) is 47.5 Å². The van der Waals surface area contributed by atoms with Crippen LogP contribution >= 0.6 is 0 Å². The van der Waals surface area contributed by atoms with Gasteiger partial charge in [0.2, 0.25) is 0 Å². The second-order valence-corrected chi connectivity index (χ2v) is 19.7. The van der Waals surface area contributed by atoms with Gasteiger partial charge in [-0.05, 0) is 176 Å². The molecule has 8 rings (SSSR count). The minimum atomic E-state index is -4.80. The van der Waals surface area contributed by atoms with Crippen molar-refractivity contribution < 1.29 is 66.1 Å². The van der Waals surface area contributed by atoms with Crippen LogP contribution in [0.2, 0.25) is 0 Å². The molecule has 0 aliphatic heterocycles. The lowest BCUT2D eigenvalue weighted by Gasteiger charge is -2.11. The largest absolute Gasteiger partial charge is 0.508 e. The normalized spacial score (nSPS) is 11.7. The molecule has 8 aromatic carbocycles. The summed E-state index contributed by atoms with van der Waals surface area (Å²) in [5.41, 5.74) is 7.00. The van der Waals surface area contributed by atoms with Crippen molar-refractivity contribution in [2.45, 2.75) is 37.5 Å². The van der Waals surface area contributed by atoms with Gasteiger partial charge in [0.1, 0.15) is 32.7 Å². The fraction of sp³-hybridized carbons (Fsp3) is 0.102. The Bertz CT molecular complexity index is 4140. The number of hydrogen-bond acceptors (Lipinski definition) is 22. The van der Waals surface area contributed by atoms with E-state index in [2.05, 4.69) is 46.2 Å². The third-order valence-corrected chi connectivity index (χ3v) is 12.5. The quantitative estimate of drug-likeness (QED) is 0.0383. The van der Waals surface area contributed by atoms with Crippen molar-refractivity contribution in [2.24, 2.45) is 40.9 Å². The monoisotopic (exact) mass is 1120 g/mol. The number of phenolic OH excluding ortho intramolecular Hbond substituents is 2. The fourth-order valence-electron chi connectivity index (χ4n) is 7.08. The van der Waals surface area contributed by atoms with Crippen molar-refractivity contribution in [1.29, 1.82) is 0 Å². The van der Waals surface area contributed by atoms with Gasteiger partial charge < -0.3 is 20.3 Å². The van der Waals surface area contributed by atoms with Gasteiger partial charge in [0.15, 0.2) is 12.5 Å². The molecular weight excluding hydrogens is 1080 g/mol. The summed E-state index contributed by atoms with van der Waals surface area (Å²) in [6, 6.07) is 35.6. The van der Waals surface area contributed by atoms with Crippen LogP contribution in [0.25, 0.3) is 21.5 Å². The number of aromatic hydroxyl groups is 2. The summed E-state index contributed by atoms with van der Waals surface area (Å²) in [7, 11) is -15.7. The van der Waals surface area contributed by atoms with E-state index < -0.39 is 51.2 Å². The molecule has 396 valence electrons. The van der Waals surface area contributed by atoms with E-state index in [-0.39, 0.29) is 34.7 Å². The van der Waals surface area contributed by atoms with Crippen LogP contribution in [-0.4, -0.2) is 68.1 Å². The smallest absolute Gasteiger partial charge is 0.425 e. The Morgan fingerprint density at radius 3 is 1.47 bits per heavy atom. The topological polar surface area (TPSA) is 372 Å². The predicted molar refractivity (Wildman–Crippen MR) is 281 cm³/mol. The molecule has 0 aliphatic rings. The second-order valence-electron chi connectivity index (χ2n) is 16.2. The van der Waals surface area contributed by atoms with Gasteiger partial charge in [0.05, 0.1) is 34.1 Å². The Morgan fingerprint density at radius 1 is 0.455 bits per heavy atom. The first-order valence-electron chi connectivity index (χ1n) is 21.8. The Morgan fingerprint density at radius 2 is 0.922 bits per heavy atom. The minimum absolute atomic E-state index is 0.000626. The van der Waals surface area contributed by atoms with Crippen molar-refractivity contribution >= 4 is 114 Å². The fourth-order valence-corrected chi connectivity index (χ4v) is 8.42. The SMILES string of the molecule is Cc1cc(N=Nc2cc(C)c(N=Nc3ccc4cc(NCOc5ccc(O)cc5)ccc4c3O)cc2C)ccc1N=Nc1ccc(N=Nc2cc3c(S(=O)(=O)O)cccc3cc2S(=O)(=O)O)c(C)c1.O=S(=O)=O.O=S(=O)=O. The highest BCUT2D eigenvalue weighted by Gasteiger charge is 2.21. The van der Waals surface area contributed by atoms with Crippen LogP contribution < -0.4 is 10.1 Å². The van der Waals surface area contributed by atoms with Gasteiger partial charge in [-0.15, -0.1) is 35.5 Å². The van der Waals surface area contributed by atoms with Gasteiger partial charge >= 0.3 is 21.2 Å². The number of azo groups is 4. The van der Waals surface area contributed by atoms with Gasteiger partial charge in [-0.3, -0.25) is 9.11 Å². The average molecular weight is 1120 g/mol. The zero-order chi connectivity index (χ0) is 56.2. The first kappa shape index (κ1) is 57.2. The summed E-state index contributed by atoms with van der Waals surface area (Å²) in [4.78, 5) is -1.06. The van der Waals surface area contributed by atoms with E-state index in [9.17, 15) is 36.2 Å². The maximum atomic E-state index is 12.2. The number of benzene rings is 8. The van der Waals surface area contributed by atoms with E-state index in [0.29, 0.717) is 56.5 Å². The number of nitrogens with one attached hydrogen (secondary N) is 1. The Kier molecular flexibility index (Phi) is 18.6. The Balaban J connectivity index is 0.00000112. The van der Waals surface area contributed by atoms with Crippen molar-refractivity contribution in [2.75, 3.05) is 12.0 Å². The van der Waals surface area contributed by atoms with Gasteiger partial charge in [0, 0.05) is 16.5 Å². The van der Waals surface area contributed by atoms with Gasteiger partial charge in [-0.25, -0.2) is 0 Å². The Hall–Kier alpha value is -9.06. The van der Waals surface area contributed by atoms with Crippen molar-refractivity contribution in [3.63, 3.8) is 0 Å². The number of phenols is 2. The molecule has 28 heteroatoms. The van der Waals surface area contributed by atoms with Crippen molar-refractivity contribution in [1.82, 2.24) is 0 Å². The van der Waals surface area contributed by atoms with Crippen LogP contribution in [0.15, 0.2) is 184 Å². The number of fused-ring (bicyclic) bond motifs is 2. The van der Waals surface area contributed by atoms with Crippen LogP contribution in [-0.2, 0) is 41.5 Å². The molecule has 0 unspecified atom stereocenters.